The van der Waals surface area contributed by atoms with E-state index in [4.69, 9.17) is 10.5 Å². The zero-order valence-corrected chi connectivity index (χ0v) is 13.8. The highest BCUT2D eigenvalue weighted by molar-refractivity contribution is 5.79. The minimum Gasteiger partial charge on any atom is -0.497 e. The van der Waals surface area contributed by atoms with Gasteiger partial charge in [0, 0.05) is 5.92 Å². The molecule has 1 saturated carbocycles. The maximum Gasteiger partial charge on any atom is 0.223 e. The van der Waals surface area contributed by atoms with Crippen molar-refractivity contribution >= 4 is 5.91 Å². The van der Waals surface area contributed by atoms with Gasteiger partial charge in [0.2, 0.25) is 5.91 Å². The Morgan fingerprint density at radius 2 is 2.00 bits per heavy atom. The fraction of sp³-hybridized carbons (Fsp3) is 0.611. The molecule has 1 amide bonds. The third-order valence-electron chi connectivity index (χ3n) is 4.74. The van der Waals surface area contributed by atoms with Gasteiger partial charge >= 0.3 is 0 Å². The van der Waals surface area contributed by atoms with Crippen LogP contribution in [0.25, 0.3) is 0 Å². The molecule has 0 aliphatic heterocycles. The normalized spacial score (nSPS) is 22.6. The Balaban J connectivity index is 2.09. The highest BCUT2D eigenvalue weighted by Crippen LogP contribution is 2.32. The highest BCUT2D eigenvalue weighted by Gasteiger charge is 2.33. The molecule has 0 radical (unpaired) electrons. The van der Waals surface area contributed by atoms with Crippen molar-refractivity contribution in [3.8, 4) is 5.75 Å². The molecule has 0 spiro atoms. The summed E-state index contributed by atoms with van der Waals surface area (Å²) in [6, 6.07) is 7.96. The van der Waals surface area contributed by atoms with Crippen LogP contribution in [0.4, 0.5) is 0 Å². The van der Waals surface area contributed by atoms with Crippen LogP contribution in [-0.4, -0.2) is 19.6 Å². The molecule has 0 heterocycles. The van der Waals surface area contributed by atoms with Crippen LogP contribution in [-0.2, 0) is 4.79 Å². The van der Waals surface area contributed by atoms with Gasteiger partial charge in [-0.3, -0.25) is 4.79 Å². The van der Waals surface area contributed by atoms with Crippen molar-refractivity contribution in [2.75, 3.05) is 13.7 Å². The van der Waals surface area contributed by atoms with Crippen LogP contribution in [0.1, 0.15) is 44.7 Å². The lowest BCUT2D eigenvalue weighted by Crippen LogP contribution is -2.39. The molecule has 3 atom stereocenters. The number of nitrogens with one attached hydrogen (secondary N) is 1. The van der Waals surface area contributed by atoms with Gasteiger partial charge in [-0.05, 0) is 48.9 Å². The summed E-state index contributed by atoms with van der Waals surface area (Å²) in [5.74, 6) is 1.72. The number of nitrogens with two attached hydrogens (primary N) is 1. The van der Waals surface area contributed by atoms with Gasteiger partial charge in [-0.15, -0.1) is 0 Å². The number of hydrogen-bond acceptors (Lipinski definition) is 3. The first-order valence-electron chi connectivity index (χ1n) is 8.21. The second-order valence-corrected chi connectivity index (χ2v) is 6.54. The first-order chi connectivity index (χ1) is 10.6. The lowest BCUT2D eigenvalue weighted by Gasteiger charge is -2.26. The van der Waals surface area contributed by atoms with E-state index in [1.54, 1.807) is 7.11 Å². The minimum absolute atomic E-state index is 0.0254. The second-order valence-electron chi connectivity index (χ2n) is 6.54. The molecular weight excluding hydrogens is 276 g/mol. The standard InChI is InChI=1S/C18H28N2O2/c1-12(2)17(13-7-9-15(22-3)10-8-13)20-18(21)16-6-4-5-14(16)11-19/h7-10,12,14,16-17H,4-6,11,19H2,1-3H3,(H,20,21)/t14-,16-,17?/m1/s1. The van der Waals surface area contributed by atoms with Crippen LogP contribution in [0, 0.1) is 17.8 Å². The summed E-state index contributed by atoms with van der Waals surface area (Å²) in [5, 5.41) is 3.24. The van der Waals surface area contributed by atoms with Crippen LogP contribution in [0.5, 0.6) is 5.75 Å². The number of rotatable bonds is 6. The van der Waals surface area contributed by atoms with Gasteiger partial charge in [-0.25, -0.2) is 0 Å². The van der Waals surface area contributed by atoms with Gasteiger partial charge in [0.25, 0.3) is 0 Å². The molecule has 1 aromatic carbocycles. The number of ether oxygens (including phenoxy) is 1. The average Bonchev–Trinajstić information content (AvgIpc) is 3.01. The lowest BCUT2D eigenvalue weighted by atomic mass is 9.92. The number of methoxy groups -OCH3 is 1. The molecule has 1 aromatic rings. The summed E-state index contributed by atoms with van der Waals surface area (Å²) < 4.78 is 5.20. The van der Waals surface area contributed by atoms with Crippen LogP contribution < -0.4 is 15.8 Å². The average molecular weight is 304 g/mol. The summed E-state index contributed by atoms with van der Waals surface area (Å²) in [6.45, 7) is 4.86. The Bertz CT molecular complexity index is 484. The number of carbonyl (C=O) groups is 1. The van der Waals surface area contributed by atoms with E-state index in [-0.39, 0.29) is 17.9 Å². The highest BCUT2D eigenvalue weighted by atomic mass is 16.5. The third-order valence-corrected chi connectivity index (χ3v) is 4.74. The molecule has 1 aliphatic rings. The zero-order chi connectivity index (χ0) is 16.1. The van der Waals surface area contributed by atoms with Crippen molar-refractivity contribution in [3.63, 3.8) is 0 Å². The second kappa shape index (κ2) is 7.63. The van der Waals surface area contributed by atoms with Gasteiger partial charge in [-0.1, -0.05) is 32.4 Å². The molecule has 2 rings (SSSR count). The maximum atomic E-state index is 12.6. The smallest absolute Gasteiger partial charge is 0.223 e. The van der Waals surface area contributed by atoms with Gasteiger partial charge in [-0.2, -0.15) is 0 Å². The quantitative estimate of drug-likeness (QED) is 0.849. The van der Waals surface area contributed by atoms with E-state index >= 15 is 0 Å². The van der Waals surface area contributed by atoms with E-state index in [0.717, 1.165) is 30.6 Å². The maximum absolute atomic E-state index is 12.6. The van der Waals surface area contributed by atoms with Gasteiger partial charge in [0.15, 0.2) is 0 Å². The molecule has 4 heteroatoms. The van der Waals surface area contributed by atoms with E-state index in [0.29, 0.717) is 18.4 Å². The largest absolute Gasteiger partial charge is 0.497 e. The Hall–Kier alpha value is -1.55. The van der Waals surface area contributed by atoms with Crippen molar-refractivity contribution < 1.29 is 9.53 Å². The summed E-state index contributed by atoms with van der Waals surface area (Å²) in [7, 11) is 1.66. The monoisotopic (exact) mass is 304 g/mol. The van der Waals surface area contributed by atoms with E-state index in [2.05, 4.69) is 19.2 Å². The molecule has 0 aromatic heterocycles. The first-order valence-corrected chi connectivity index (χ1v) is 8.21. The summed E-state index contributed by atoms with van der Waals surface area (Å²) in [4.78, 5) is 12.6. The third kappa shape index (κ3) is 3.80. The molecule has 1 aliphatic carbocycles. The van der Waals surface area contributed by atoms with Crippen LogP contribution in [0.15, 0.2) is 24.3 Å². The van der Waals surface area contributed by atoms with Crippen molar-refractivity contribution in [1.29, 1.82) is 0 Å². The van der Waals surface area contributed by atoms with Crippen molar-refractivity contribution in [2.45, 2.75) is 39.2 Å². The first kappa shape index (κ1) is 16.8. The Morgan fingerprint density at radius 1 is 1.32 bits per heavy atom. The van der Waals surface area contributed by atoms with Crippen LogP contribution >= 0.6 is 0 Å². The SMILES string of the molecule is COc1ccc(C(NC(=O)[C@@H]2CCC[C@@H]2CN)C(C)C)cc1. The molecule has 1 unspecified atom stereocenters. The topological polar surface area (TPSA) is 64.3 Å². The lowest BCUT2D eigenvalue weighted by molar-refractivity contribution is -0.127. The fourth-order valence-corrected chi connectivity index (χ4v) is 3.37. The predicted molar refractivity (Wildman–Crippen MR) is 88.6 cm³/mol. The molecule has 0 bridgehead atoms. The molecule has 3 N–H and O–H groups in total. The van der Waals surface area contributed by atoms with E-state index < -0.39 is 0 Å². The summed E-state index contributed by atoms with van der Waals surface area (Å²) >= 11 is 0. The van der Waals surface area contributed by atoms with E-state index in [9.17, 15) is 4.79 Å². The number of benzene rings is 1. The molecule has 0 saturated heterocycles. The van der Waals surface area contributed by atoms with Crippen molar-refractivity contribution in [3.05, 3.63) is 29.8 Å². The summed E-state index contributed by atoms with van der Waals surface area (Å²) in [5.41, 5.74) is 6.92. The molecule has 122 valence electrons. The molecule has 1 fully saturated rings. The Morgan fingerprint density at radius 3 is 2.55 bits per heavy atom. The number of hydrogen-bond donors (Lipinski definition) is 2. The molecule has 22 heavy (non-hydrogen) atoms. The summed E-state index contributed by atoms with van der Waals surface area (Å²) in [6.07, 6.45) is 3.14. The van der Waals surface area contributed by atoms with E-state index in [1.807, 2.05) is 24.3 Å². The predicted octanol–water partition coefficient (Wildman–Crippen LogP) is 2.88. The van der Waals surface area contributed by atoms with Gasteiger partial charge < -0.3 is 15.8 Å². The molecule has 4 nitrogen and oxygen atoms in total. The Labute approximate surface area is 133 Å². The number of amides is 1. The van der Waals surface area contributed by atoms with Crippen LogP contribution in [0.2, 0.25) is 0 Å². The molecular formula is C18H28N2O2. The van der Waals surface area contributed by atoms with Gasteiger partial charge in [0.05, 0.1) is 13.2 Å². The minimum atomic E-state index is 0.0254. The fourth-order valence-electron chi connectivity index (χ4n) is 3.37. The zero-order valence-electron chi connectivity index (χ0n) is 13.8. The van der Waals surface area contributed by atoms with Crippen molar-refractivity contribution in [1.82, 2.24) is 5.32 Å². The van der Waals surface area contributed by atoms with Crippen LogP contribution in [0.3, 0.4) is 0 Å². The van der Waals surface area contributed by atoms with E-state index in [1.165, 1.54) is 0 Å². The number of carbonyl (C=O) groups excluding carboxylic acids is 1. The van der Waals surface area contributed by atoms with Crippen molar-refractivity contribution in [2.24, 2.45) is 23.5 Å². The van der Waals surface area contributed by atoms with Gasteiger partial charge in [0.1, 0.15) is 5.75 Å². The Kier molecular flexibility index (Phi) is 5.83.